The zero-order valence-corrected chi connectivity index (χ0v) is 14.1. The van der Waals surface area contributed by atoms with Crippen LogP contribution < -0.4 is 0 Å². The van der Waals surface area contributed by atoms with Crippen LogP contribution in [0.5, 0.6) is 0 Å². The maximum absolute atomic E-state index is 12.8. The van der Waals surface area contributed by atoms with E-state index in [0.717, 1.165) is 11.3 Å². The molecule has 1 atom stereocenters. The van der Waals surface area contributed by atoms with Crippen molar-refractivity contribution < 1.29 is 4.79 Å². The molecule has 0 saturated carbocycles. The first-order valence-electron chi connectivity index (χ1n) is 8.21. The zero-order chi connectivity index (χ0) is 16.9. The Kier molecular flexibility index (Phi) is 4.85. The fourth-order valence-corrected chi connectivity index (χ4v) is 3.09. The number of hydrogen-bond acceptors (Lipinski definition) is 2. The lowest BCUT2D eigenvalue weighted by Crippen LogP contribution is -2.10. The number of ketones is 1. The Balaban J connectivity index is 1.97. The molecule has 2 heteroatoms. The van der Waals surface area contributed by atoms with Crippen molar-refractivity contribution in [3.05, 3.63) is 101 Å². The van der Waals surface area contributed by atoms with E-state index in [2.05, 4.69) is 36.2 Å². The molecular weight excluding hydrogens is 294 g/mol. The summed E-state index contributed by atoms with van der Waals surface area (Å²) in [7, 11) is 0. The van der Waals surface area contributed by atoms with Crippen molar-refractivity contribution in [1.82, 2.24) is 4.98 Å². The number of carbonyl (C=O) groups is 1. The van der Waals surface area contributed by atoms with Crippen molar-refractivity contribution in [1.29, 1.82) is 0 Å². The minimum absolute atomic E-state index is 0.0633. The molecule has 2 aromatic carbocycles. The predicted molar refractivity (Wildman–Crippen MR) is 97.4 cm³/mol. The third-order valence-corrected chi connectivity index (χ3v) is 4.37. The number of Topliss-reactive ketones (excluding diaryl/α,β-unsaturated/α-hetero) is 1. The summed E-state index contributed by atoms with van der Waals surface area (Å²) in [6.07, 6.45) is 2.16. The van der Waals surface area contributed by atoms with Crippen molar-refractivity contribution in [3.8, 4) is 0 Å². The third-order valence-electron chi connectivity index (χ3n) is 4.37. The Morgan fingerprint density at radius 2 is 1.67 bits per heavy atom. The number of nitrogens with zero attached hydrogens (tertiary/aromatic N) is 1. The molecule has 0 bridgehead atoms. The van der Waals surface area contributed by atoms with Crippen LogP contribution >= 0.6 is 0 Å². The van der Waals surface area contributed by atoms with Crippen LogP contribution in [0, 0.1) is 13.8 Å². The van der Waals surface area contributed by atoms with Gasteiger partial charge in [-0.3, -0.25) is 9.78 Å². The van der Waals surface area contributed by atoms with E-state index < -0.39 is 0 Å². The molecule has 0 aliphatic carbocycles. The number of carbonyl (C=O) groups excluding carboxylic acids is 1. The summed E-state index contributed by atoms with van der Waals surface area (Å²) in [4.78, 5) is 17.0. The van der Waals surface area contributed by atoms with Crippen molar-refractivity contribution in [2.75, 3.05) is 0 Å². The van der Waals surface area contributed by atoms with Crippen molar-refractivity contribution in [2.24, 2.45) is 0 Å². The molecule has 1 aromatic heterocycles. The lowest BCUT2D eigenvalue weighted by Gasteiger charge is -2.19. The summed E-state index contributed by atoms with van der Waals surface area (Å²) in [5.41, 5.74) is 5.20. The Bertz CT molecular complexity index is 839. The van der Waals surface area contributed by atoms with Crippen LogP contribution in [0.1, 0.15) is 45.1 Å². The molecule has 0 saturated heterocycles. The lowest BCUT2D eigenvalue weighted by molar-refractivity contribution is 0.0977. The molecule has 24 heavy (non-hydrogen) atoms. The predicted octanol–water partition coefficient (Wildman–Crippen LogP) is 5.10. The second-order valence-electron chi connectivity index (χ2n) is 6.13. The fraction of sp³-hybridized carbons (Fsp3) is 0.182. The van der Waals surface area contributed by atoms with Crippen molar-refractivity contribution >= 4 is 5.78 Å². The van der Waals surface area contributed by atoms with Crippen LogP contribution in [-0.2, 0) is 0 Å². The summed E-state index contributed by atoms with van der Waals surface area (Å²) in [6, 6.07) is 22.2. The average Bonchev–Trinajstić information content (AvgIpc) is 2.61. The van der Waals surface area contributed by atoms with Crippen LogP contribution in [0.15, 0.2) is 72.9 Å². The smallest absolute Gasteiger partial charge is 0.163 e. The number of benzene rings is 2. The van der Waals surface area contributed by atoms with Crippen molar-refractivity contribution in [2.45, 2.75) is 26.2 Å². The minimum atomic E-state index is 0.0633. The number of aryl methyl sites for hydroxylation is 2. The first kappa shape index (κ1) is 16.1. The average molecular weight is 315 g/mol. The van der Waals surface area contributed by atoms with Gasteiger partial charge in [0.2, 0.25) is 0 Å². The molecular formula is C22H21NO. The molecule has 0 aliphatic heterocycles. The highest BCUT2D eigenvalue weighted by Gasteiger charge is 2.20. The van der Waals surface area contributed by atoms with Gasteiger partial charge in [-0.25, -0.2) is 0 Å². The lowest BCUT2D eigenvalue weighted by atomic mass is 9.84. The van der Waals surface area contributed by atoms with Gasteiger partial charge in [0, 0.05) is 29.8 Å². The molecule has 0 spiro atoms. The van der Waals surface area contributed by atoms with E-state index in [1.165, 1.54) is 16.7 Å². The number of hydrogen-bond donors (Lipinski definition) is 0. The molecule has 3 rings (SSSR count). The van der Waals surface area contributed by atoms with Gasteiger partial charge >= 0.3 is 0 Å². The van der Waals surface area contributed by atoms with Crippen LogP contribution in [-0.4, -0.2) is 10.8 Å². The Morgan fingerprint density at radius 3 is 2.38 bits per heavy atom. The van der Waals surface area contributed by atoms with Gasteiger partial charge in [0.1, 0.15) is 0 Å². The topological polar surface area (TPSA) is 30.0 Å². The SMILES string of the molecule is Cc1cc(C(=O)CC(c2ccccc2)c2ccccc2C)ccn1. The van der Waals surface area contributed by atoms with E-state index in [0.29, 0.717) is 6.42 Å². The van der Waals surface area contributed by atoms with E-state index in [1.54, 1.807) is 12.3 Å². The molecule has 0 amide bonds. The highest BCUT2D eigenvalue weighted by Crippen LogP contribution is 2.31. The molecule has 120 valence electrons. The zero-order valence-electron chi connectivity index (χ0n) is 14.1. The van der Waals surface area contributed by atoms with Crippen LogP contribution in [0.3, 0.4) is 0 Å². The summed E-state index contributed by atoms with van der Waals surface area (Å²) < 4.78 is 0. The maximum atomic E-state index is 12.8. The fourth-order valence-electron chi connectivity index (χ4n) is 3.09. The second kappa shape index (κ2) is 7.22. The largest absolute Gasteiger partial charge is 0.294 e. The molecule has 0 radical (unpaired) electrons. The Hall–Kier alpha value is -2.74. The van der Waals surface area contributed by atoms with E-state index in [9.17, 15) is 4.79 Å². The van der Waals surface area contributed by atoms with Crippen LogP contribution in [0.25, 0.3) is 0 Å². The summed E-state index contributed by atoms with van der Waals surface area (Å²) in [5.74, 6) is 0.214. The van der Waals surface area contributed by atoms with E-state index in [-0.39, 0.29) is 11.7 Å². The summed E-state index contributed by atoms with van der Waals surface area (Å²) in [6.45, 7) is 4.01. The van der Waals surface area contributed by atoms with Gasteiger partial charge in [-0.05, 0) is 42.7 Å². The highest BCUT2D eigenvalue weighted by molar-refractivity contribution is 5.96. The normalized spacial score (nSPS) is 11.9. The number of aromatic nitrogens is 1. The number of pyridine rings is 1. The van der Waals surface area contributed by atoms with Gasteiger partial charge in [-0.1, -0.05) is 54.6 Å². The quantitative estimate of drug-likeness (QED) is 0.613. The van der Waals surface area contributed by atoms with Crippen LogP contribution in [0.4, 0.5) is 0 Å². The molecule has 2 nitrogen and oxygen atoms in total. The standard InChI is InChI=1S/C22H21NO/c1-16-8-6-7-11-20(16)21(18-9-4-3-5-10-18)15-22(24)19-12-13-23-17(2)14-19/h3-14,21H,15H2,1-2H3. The maximum Gasteiger partial charge on any atom is 0.163 e. The van der Waals surface area contributed by atoms with E-state index >= 15 is 0 Å². The van der Waals surface area contributed by atoms with Gasteiger partial charge in [0.25, 0.3) is 0 Å². The molecule has 3 aromatic rings. The van der Waals surface area contributed by atoms with Gasteiger partial charge < -0.3 is 0 Å². The van der Waals surface area contributed by atoms with Crippen molar-refractivity contribution in [3.63, 3.8) is 0 Å². The van der Waals surface area contributed by atoms with Gasteiger partial charge in [-0.2, -0.15) is 0 Å². The summed E-state index contributed by atoms with van der Waals surface area (Å²) in [5, 5.41) is 0. The molecule has 0 N–H and O–H groups in total. The first-order chi connectivity index (χ1) is 11.6. The number of rotatable bonds is 5. The Labute approximate surface area is 143 Å². The van der Waals surface area contributed by atoms with Gasteiger partial charge in [0.15, 0.2) is 5.78 Å². The summed E-state index contributed by atoms with van der Waals surface area (Å²) >= 11 is 0. The van der Waals surface area contributed by atoms with E-state index in [4.69, 9.17) is 0 Å². The first-order valence-corrected chi connectivity index (χ1v) is 8.21. The van der Waals surface area contributed by atoms with E-state index in [1.807, 2.05) is 43.3 Å². The third kappa shape index (κ3) is 3.60. The highest BCUT2D eigenvalue weighted by atomic mass is 16.1. The second-order valence-corrected chi connectivity index (χ2v) is 6.13. The van der Waals surface area contributed by atoms with Gasteiger partial charge in [-0.15, -0.1) is 0 Å². The minimum Gasteiger partial charge on any atom is -0.294 e. The van der Waals surface area contributed by atoms with Gasteiger partial charge in [0.05, 0.1) is 0 Å². The Morgan fingerprint density at radius 1 is 0.958 bits per heavy atom. The van der Waals surface area contributed by atoms with Crippen LogP contribution in [0.2, 0.25) is 0 Å². The molecule has 1 heterocycles. The molecule has 1 unspecified atom stereocenters. The molecule has 0 fully saturated rings. The monoisotopic (exact) mass is 315 g/mol. The molecule has 0 aliphatic rings.